The minimum atomic E-state index is -3.51. The molecule has 0 radical (unpaired) electrons. The molecule has 0 aromatic heterocycles. The molecule has 0 aliphatic rings. The van der Waals surface area contributed by atoms with E-state index in [0.717, 1.165) is 0 Å². The molecule has 0 bridgehead atoms. The van der Waals surface area contributed by atoms with Gasteiger partial charge in [0.2, 0.25) is 10.0 Å². The van der Waals surface area contributed by atoms with E-state index >= 15 is 0 Å². The van der Waals surface area contributed by atoms with Crippen molar-refractivity contribution in [2.24, 2.45) is 0 Å². The van der Waals surface area contributed by atoms with E-state index < -0.39 is 20.7 Å². The standard InChI is InChI=1S/C13H19NO4S/c1-4-9-14-19(17,18)13(2,3)11-7-5-10(6-8-11)12(15)16/h5-8,14H,4,9H2,1-3H3,(H,15,16). The van der Waals surface area contributed by atoms with Gasteiger partial charge < -0.3 is 5.11 Å². The fourth-order valence-electron chi connectivity index (χ4n) is 1.59. The summed E-state index contributed by atoms with van der Waals surface area (Å²) in [5, 5.41) is 8.82. The average Bonchev–Trinajstić information content (AvgIpc) is 2.36. The van der Waals surface area contributed by atoms with E-state index in [2.05, 4.69) is 4.72 Å². The number of nitrogens with one attached hydrogen (secondary N) is 1. The molecular formula is C13H19NO4S. The molecule has 0 fully saturated rings. The molecule has 2 N–H and O–H groups in total. The summed E-state index contributed by atoms with van der Waals surface area (Å²) in [6, 6.07) is 5.90. The lowest BCUT2D eigenvalue weighted by atomic mass is 10.0. The van der Waals surface area contributed by atoms with Gasteiger partial charge in [-0.25, -0.2) is 17.9 Å². The number of carbonyl (C=O) groups is 1. The summed E-state index contributed by atoms with van der Waals surface area (Å²) >= 11 is 0. The molecular weight excluding hydrogens is 266 g/mol. The molecule has 1 aromatic rings. The molecule has 1 aromatic carbocycles. The smallest absolute Gasteiger partial charge is 0.335 e. The van der Waals surface area contributed by atoms with E-state index in [1.165, 1.54) is 24.3 Å². The first-order valence-electron chi connectivity index (χ1n) is 6.05. The second-order valence-electron chi connectivity index (χ2n) is 4.79. The first kappa shape index (κ1) is 15.7. The second kappa shape index (κ2) is 5.71. The van der Waals surface area contributed by atoms with Crippen LogP contribution in [0.2, 0.25) is 0 Å². The molecule has 1 rings (SSSR count). The number of benzene rings is 1. The molecule has 19 heavy (non-hydrogen) atoms. The Balaban J connectivity index is 3.09. The molecule has 0 aliphatic carbocycles. The Morgan fingerprint density at radius 1 is 1.26 bits per heavy atom. The van der Waals surface area contributed by atoms with Crippen molar-refractivity contribution in [3.63, 3.8) is 0 Å². The lowest BCUT2D eigenvalue weighted by Gasteiger charge is -2.25. The van der Waals surface area contributed by atoms with Crippen LogP contribution in [0.3, 0.4) is 0 Å². The van der Waals surface area contributed by atoms with Crippen LogP contribution in [-0.4, -0.2) is 26.0 Å². The molecule has 0 saturated carbocycles. The zero-order valence-corrected chi connectivity index (χ0v) is 12.1. The highest BCUT2D eigenvalue weighted by molar-refractivity contribution is 7.90. The summed E-state index contributed by atoms with van der Waals surface area (Å²) in [7, 11) is -3.51. The summed E-state index contributed by atoms with van der Waals surface area (Å²) in [4.78, 5) is 10.8. The lowest BCUT2D eigenvalue weighted by molar-refractivity contribution is 0.0697. The minimum Gasteiger partial charge on any atom is -0.478 e. The zero-order chi connectivity index (χ0) is 14.7. The Hall–Kier alpha value is -1.40. The van der Waals surface area contributed by atoms with Gasteiger partial charge in [-0.15, -0.1) is 0 Å². The number of aromatic carboxylic acids is 1. The largest absolute Gasteiger partial charge is 0.478 e. The van der Waals surface area contributed by atoms with Crippen molar-refractivity contribution >= 4 is 16.0 Å². The number of sulfonamides is 1. The van der Waals surface area contributed by atoms with E-state index in [0.29, 0.717) is 18.5 Å². The maximum atomic E-state index is 12.2. The Labute approximate surface area is 113 Å². The van der Waals surface area contributed by atoms with Gasteiger partial charge >= 0.3 is 5.97 Å². The van der Waals surface area contributed by atoms with Crippen LogP contribution in [0.15, 0.2) is 24.3 Å². The number of hydrogen-bond donors (Lipinski definition) is 2. The first-order valence-corrected chi connectivity index (χ1v) is 7.53. The molecule has 0 heterocycles. The van der Waals surface area contributed by atoms with Crippen LogP contribution in [-0.2, 0) is 14.8 Å². The number of rotatable bonds is 6. The van der Waals surface area contributed by atoms with Gasteiger partial charge in [0, 0.05) is 6.54 Å². The molecule has 5 nitrogen and oxygen atoms in total. The Bertz CT molecular complexity index is 547. The van der Waals surface area contributed by atoms with Crippen LogP contribution in [0, 0.1) is 0 Å². The third-order valence-electron chi connectivity index (χ3n) is 3.04. The number of carboxylic acid groups (broad SMARTS) is 1. The Kier molecular flexibility index (Phi) is 4.70. The van der Waals surface area contributed by atoms with Crippen molar-refractivity contribution in [3.8, 4) is 0 Å². The molecule has 0 atom stereocenters. The molecule has 0 aliphatic heterocycles. The molecule has 0 spiro atoms. The van der Waals surface area contributed by atoms with E-state index in [-0.39, 0.29) is 5.56 Å². The van der Waals surface area contributed by atoms with E-state index in [4.69, 9.17) is 5.11 Å². The molecule has 0 amide bonds. The summed E-state index contributed by atoms with van der Waals surface area (Å²) in [5.41, 5.74) is 0.694. The van der Waals surface area contributed by atoms with Gasteiger partial charge in [0.1, 0.15) is 4.75 Å². The first-order chi connectivity index (χ1) is 8.72. The van der Waals surface area contributed by atoms with Crippen molar-refractivity contribution in [2.45, 2.75) is 31.9 Å². The fourth-order valence-corrected chi connectivity index (χ4v) is 2.87. The van der Waals surface area contributed by atoms with E-state index in [1.807, 2.05) is 6.92 Å². The van der Waals surface area contributed by atoms with Gasteiger partial charge in [-0.05, 0) is 38.0 Å². The van der Waals surface area contributed by atoms with Crippen molar-refractivity contribution in [1.29, 1.82) is 0 Å². The van der Waals surface area contributed by atoms with Crippen molar-refractivity contribution in [2.75, 3.05) is 6.54 Å². The predicted octanol–water partition coefficient (Wildman–Crippen LogP) is 1.95. The minimum absolute atomic E-state index is 0.137. The van der Waals surface area contributed by atoms with Crippen molar-refractivity contribution in [3.05, 3.63) is 35.4 Å². The normalized spacial score (nSPS) is 12.4. The highest BCUT2D eigenvalue weighted by Gasteiger charge is 2.35. The molecule has 6 heteroatoms. The maximum Gasteiger partial charge on any atom is 0.335 e. The fraction of sp³-hybridized carbons (Fsp3) is 0.462. The van der Waals surface area contributed by atoms with Gasteiger partial charge in [0.15, 0.2) is 0 Å². The lowest BCUT2D eigenvalue weighted by Crippen LogP contribution is -2.40. The maximum absolute atomic E-state index is 12.2. The summed E-state index contributed by atoms with van der Waals surface area (Å²) in [6.45, 7) is 5.47. The molecule has 106 valence electrons. The van der Waals surface area contributed by atoms with Gasteiger partial charge in [-0.1, -0.05) is 19.1 Å². The highest BCUT2D eigenvalue weighted by atomic mass is 32.2. The number of carboxylic acids is 1. The zero-order valence-electron chi connectivity index (χ0n) is 11.3. The Morgan fingerprint density at radius 3 is 2.21 bits per heavy atom. The SMILES string of the molecule is CCCNS(=O)(=O)C(C)(C)c1ccc(C(=O)O)cc1. The molecule has 0 saturated heterocycles. The second-order valence-corrected chi connectivity index (χ2v) is 7.11. The number of hydrogen-bond acceptors (Lipinski definition) is 3. The molecule has 0 unspecified atom stereocenters. The predicted molar refractivity (Wildman–Crippen MR) is 73.6 cm³/mol. The summed E-state index contributed by atoms with van der Waals surface area (Å²) < 4.78 is 25.8. The third-order valence-corrected chi connectivity index (χ3v) is 5.20. The van der Waals surface area contributed by atoms with Crippen LogP contribution < -0.4 is 4.72 Å². The summed E-state index contributed by atoms with van der Waals surface area (Å²) in [6.07, 6.45) is 0.716. The van der Waals surface area contributed by atoms with Crippen molar-refractivity contribution in [1.82, 2.24) is 4.72 Å². The third kappa shape index (κ3) is 3.33. The van der Waals surface area contributed by atoms with E-state index in [9.17, 15) is 13.2 Å². The quantitative estimate of drug-likeness (QED) is 0.836. The van der Waals surface area contributed by atoms with Crippen LogP contribution >= 0.6 is 0 Å². The van der Waals surface area contributed by atoms with Crippen LogP contribution in [0.4, 0.5) is 0 Å². The summed E-state index contributed by atoms with van der Waals surface area (Å²) in [5.74, 6) is -1.03. The van der Waals surface area contributed by atoms with Gasteiger partial charge in [-0.3, -0.25) is 0 Å². The average molecular weight is 285 g/mol. The van der Waals surface area contributed by atoms with Crippen LogP contribution in [0.25, 0.3) is 0 Å². The monoisotopic (exact) mass is 285 g/mol. The van der Waals surface area contributed by atoms with Gasteiger partial charge in [0.05, 0.1) is 5.56 Å². The van der Waals surface area contributed by atoms with Crippen LogP contribution in [0.1, 0.15) is 43.1 Å². The Morgan fingerprint density at radius 2 is 1.79 bits per heavy atom. The van der Waals surface area contributed by atoms with Gasteiger partial charge in [0.25, 0.3) is 0 Å². The van der Waals surface area contributed by atoms with Crippen LogP contribution in [0.5, 0.6) is 0 Å². The highest BCUT2D eigenvalue weighted by Crippen LogP contribution is 2.28. The van der Waals surface area contributed by atoms with Gasteiger partial charge in [-0.2, -0.15) is 0 Å². The van der Waals surface area contributed by atoms with E-state index in [1.54, 1.807) is 13.8 Å². The topological polar surface area (TPSA) is 83.5 Å². The van der Waals surface area contributed by atoms with Crippen molar-refractivity contribution < 1.29 is 18.3 Å².